The minimum Gasteiger partial charge on any atom is -0.444 e. The van der Waals surface area contributed by atoms with E-state index in [9.17, 15) is 18.3 Å². The van der Waals surface area contributed by atoms with Crippen molar-refractivity contribution in [2.24, 2.45) is 17.8 Å². The van der Waals surface area contributed by atoms with Crippen LogP contribution < -0.4 is 0 Å². The molecule has 1 aliphatic heterocycles. The Hall–Kier alpha value is -1.64. The van der Waals surface area contributed by atoms with E-state index >= 15 is 0 Å². The van der Waals surface area contributed by atoms with E-state index in [-0.39, 0.29) is 35.3 Å². The first-order chi connectivity index (χ1) is 13.4. The van der Waals surface area contributed by atoms with Crippen molar-refractivity contribution >= 4 is 16.2 Å². The van der Waals surface area contributed by atoms with Crippen LogP contribution in [0, 0.1) is 24.7 Å². The Bertz CT molecular complexity index is 830. The fourth-order valence-electron chi connectivity index (χ4n) is 4.19. The molecule has 1 unspecified atom stereocenters. The quantitative estimate of drug-likeness (QED) is 0.746. The van der Waals surface area contributed by atoms with Crippen molar-refractivity contribution in [1.29, 1.82) is 0 Å². The van der Waals surface area contributed by atoms with Gasteiger partial charge in [0.15, 0.2) is 0 Å². The smallest absolute Gasteiger partial charge is 0.410 e. The topological polar surface area (TPSA) is 93.1 Å². The van der Waals surface area contributed by atoms with E-state index in [1.165, 1.54) is 12.1 Å². The average Bonchev–Trinajstić information content (AvgIpc) is 3.04. The van der Waals surface area contributed by atoms with E-state index in [0.29, 0.717) is 25.9 Å². The summed E-state index contributed by atoms with van der Waals surface area (Å²) in [4.78, 5) is 14.1. The van der Waals surface area contributed by atoms with Gasteiger partial charge in [0.25, 0.3) is 10.1 Å². The Morgan fingerprint density at radius 1 is 1.17 bits per heavy atom. The van der Waals surface area contributed by atoms with Crippen LogP contribution in [0.1, 0.15) is 39.2 Å². The second-order valence-corrected chi connectivity index (χ2v) is 10.9. The molecule has 8 heteroatoms. The number of hydrogen-bond acceptors (Lipinski definition) is 6. The van der Waals surface area contributed by atoms with Crippen molar-refractivity contribution in [1.82, 2.24) is 4.90 Å². The van der Waals surface area contributed by atoms with Gasteiger partial charge in [-0.25, -0.2) is 4.79 Å². The number of likely N-dealkylation sites (tertiary alicyclic amines) is 1. The van der Waals surface area contributed by atoms with Crippen LogP contribution in [0.2, 0.25) is 0 Å². The van der Waals surface area contributed by atoms with Crippen LogP contribution in [0.5, 0.6) is 0 Å². The molecule has 1 aromatic rings. The van der Waals surface area contributed by atoms with Crippen LogP contribution in [0.15, 0.2) is 29.2 Å². The number of fused-ring (bicyclic) bond motifs is 1. The number of hydrogen-bond donors (Lipinski definition) is 1. The normalized spacial score (nSPS) is 27.6. The minimum atomic E-state index is -3.83. The summed E-state index contributed by atoms with van der Waals surface area (Å²) >= 11 is 0. The second-order valence-electron chi connectivity index (χ2n) is 9.27. The third-order valence-electron chi connectivity index (χ3n) is 5.62. The van der Waals surface area contributed by atoms with E-state index in [0.717, 1.165) is 5.56 Å². The van der Waals surface area contributed by atoms with E-state index in [2.05, 4.69) is 0 Å². The predicted molar refractivity (Wildman–Crippen MR) is 108 cm³/mol. The van der Waals surface area contributed by atoms with Gasteiger partial charge in [-0.05, 0) is 64.5 Å². The fourth-order valence-corrected chi connectivity index (χ4v) is 5.17. The maximum Gasteiger partial charge on any atom is 0.410 e. The summed E-state index contributed by atoms with van der Waals surface area (Å²) in [7, 11) is -3.83. The Kier molecular flexibility index (Phi) is 6.27. The van der Waals surface area contributed by atoms with E-state index in [1.807, 2.05) is 27.7 Å². The SMILES string of the molecule is Cc1ccc(S(=O)(=O)OC[C@H]2CC(O)[C@@H]3CN(C(=O)OC(C)(C)C)C[C@@H]3C2)cc1. The van der Waals surface area contributed by atoms with Crippen molar-refractivity contribution in [3.05, 3.63) is 29.8 Å². The number of ether oxygens (including phenoxy) is 1. The Morgan fingerprint density at radius 3 is 2.45 bits per heavy atom. The fraction of sp³-hybridized carbons (Fsp3) is 0.667. The standard InChI is InChI=1S/C21H31NO6S/c1-14-5-7-17(8-6-14)29(25,26)27-13-15-9-16-11-22(12-18(16)19(23)10-15)20(24)28-21(2,3)4/h5-8,15-16,18-19,23H,9-13H2,1-4H3/t15-,16+,18-,19?/m1/s1. The molecule has 1 aromatic carbocycles. The van der Waals surface area contributed by atoms with Gasteiger partial charge in [0, 0.05) is 19.0 Å². The van der Waals surface area contributed by atoms with Gasteiger partial charge >= 0.3 is 6.09 Å². The lowest BCUT2D eigenvalue weighted by Gasteiger charge is -2.34. The summed E-state index contributed by atoms with van der Waals surface area (Å²) in [6.45, 7) is 8.37. The second kappa shape index (κ2) is 8.24. The van der Waals surface area contributed by atoms with Gasteiger partial charge in [0.1, 0.15) is 5.60 Å². The van der Waals surface area contributed by atoms with E-state index in [1.54, 1.807) is 17.0 Å². The highest BCUT2D eigenvalue weighted by Gasteiger charge is 2.45. The molecule has 1 saturated heterocycles. The molecule has 3 rings (SSSR count). The van der Waals surface area contributed by atoms with Gasteiger partial charge in [-0.15, -0.1) is 0 Å². The van der Waals surface area contributed by atoms with Gasteiger partial charge in [0.05, 0.1) is 17.6 Å². The summed E-state index contributed by atoms with van der Waals surface area (Å²) in [6, 6.07) is 6.53. The molecule has 7 nitrogen and oxygen atoms in total. The van der Waals surface area contributed by atoms with E-state index in [4.69, 9.17) is 8.92 Å². The molecular formula is C21H31NO6S. The lowest BCUT2D eigenvalue weighted by Crippen LogP contribution is -2.38. The Balaban J connectivity index is 1.58. The molecule has 4 atom stereocenters. The highest BCUT2D eigenvalue weighted by atomic mass is 32.2. The number of carbonyl (C=O) groups excluding carboxylic acids is 1. The highest BCUT2D eigenvalue weighted by molar-refractivity contribution is 7.86. The largest absolute Gasteiger partial charge is 0.444 e. The molecule has 1 heterocycles. The summed E-state index contributed by atoms with van der Waals surface area (Å²) in [5.41, 5.74) is 0.408. The first kappa shape index (κ1) is 22.1. The zero-order valence-corrected chi connectivity index (χ0v) is 18.3. The molecule has 2 fully saturated rings. The number of rotatable bonds is 4. The van der Waals surface area contributed by atoms with Crippen molar-refractivity contribution in [2.75, 3.05) is 19.7 Å². The van der Waals surface area contributed by atoms with E-state index < -0.39 is 21.8 Å². The van der Waals surface area contributed by atoms with Crippen molar-refractivity contribution in [3.63, 3.8) is 0 Å². The highest BCUT2D eigenvalue weighted by Crippen LogP contribution is 2.40. The lowest BCUT2D eigenvalue weighted by molar-refractivity contribution is 0.0144. The van der Waals surface area contributed by atoms with Gasteiger partial charge in [-0.1, -0.05) is 17.7 Å². The third kappa shape index (κ3) is 5.49. The summed E-state index contributed by atoms with van der Waals surface area (Å²) in [6.07, 6.45) is 0.225. The van der Waals surface area contributed by atoms with Crippen molar-refractivity contribution in [2.45, 2.75) is 57.1 Å². The number of benzene rings is 1. The molecule has 0 spiro atoms. The molecule has 162 valence electrons. The minimum absolute atomic E-state index is 0.00697. The van der Waals surface area contributed by atoms with Gasteiger partial charge in [-0.2, -0.15) is 8.42 Å². The van der Waals surface area contributed by atoms with Crippen molar-refractivity contribution < 1.29 is 27.2 Å². The third-order valence-corrected chi connectivity index (χ3v) is 6.91. The first-order valence-corrected chi connectivity index (χ1v) is 11.5. The lowest BCUT2D eigenvalue weighted by atomic mass is 9.74. The molecule has 1 aliphatic carbocycles. The molecule has 0 radical (unpaired) electrons. The molecule has 0 aromatic heterocycles. The number of amides is 1. The van der Waals surface area contributed by atoms with Gasteiger partial charge < -0.3 is 14.7 Å². The molecule has 1 saturated carbocycles. The van der Waals surface area contributed by atoms with Crippen LogP contribution in [-0.2, 0) is 19.0 Å². The molecule has 1 N–H and O–H groups in total. The molecular weight excluding hydrogens is 394 g/mol. The monoisotopic (exact) mass is 425 g/mol. The molecule has 2 aliphatic rings. The van der Waals surface area contributed by atoms with Crippen LogP contribution in [0.3, 0.4) is 0 Å². The first-order valence-electron chi connectivity index (χ1n) is 10.1. The summed E-state index contributed by atoms with van der Waals surface area (Å²) < 4.78 is 35.6. The van der Waals surface area contributed by atoms with Crippen molar-refractivity contribution in [3.8, 4) is 0 Å². The number of nitrogens with zero attached hydrogens (tertiary/aromatic N) is 1. The maximum absolute atomic E-state index is 12.4. The number of aryl methyl sites for hydroxylation is 1. The van der Waals surface area contributed by atoms with Crippen LogP contribution in [-0.4, -0.2) is 55.9 Å². The Labute approximate surface area is 173 Å². The van der Waals surface area contributed by atoms with Gasteiger partial charge in [-0.3, -0.25) is 4.18 Å². The number of aliphatic hydroxyl groups is 1. The summed E-state index contributed by atoms with van der Waals surface area (Å²) in [5, 5.41) is 10.6. The maximum atomic E-state index is 12.4. The van der Waals surface area contributed by atoms with Crippen LogP contribution in [0.4, 0.5) is 4.79 Å². The predicted octanol–water partition coefficient (Wildman–Crippen LogP) is 2.95. The van der Waals surface area contributed by atoms with Crippen LogP contribution >= 0.6 is 0 Å². The molecule has 1 amide bonds. The Morgan fingerprint density at radius 2 is 1.83 bits per heavy atom. The number of carbonyl (C=O) groups is 1. The molecule has 29 heavy (non-hydrogen) atoms. The average molecular weight is 426 g/mol. The summed E-state index contributed by atoms with van der Waals surface area (Å²) in [5.74, 6) is 0.0273. The zero-order valence-electron chi connectivity index (χ0n) is 17.5. The molecule has 0 bridgehead atoms. The number of aliphatic hydroxyl groups excluding tert-OH is 1. The zero-order chi connectivity index (χ0) is 21.4. The van der Waals surface area contributed by atoms with Crippen LogP contribution in [0.25, 0.3) is 0 Å². The van der Waals surface area contributed by atoms with Gasteiger partial charge in [0.2, 0.25) is 0 Å².